The Balaban J connectivity index is 2.11. The van der Waals surface area contributed by atoms with Crippen molar-refractivity contribution in [1.82, 2.24) is 0 Å². The van der Waals surface area contributed by atoms with Gasteiger partial charge in [-0.05, 0) is 30.7 Å². The number of nitrogens with one attached hydrogen (secondary N) is 1. The topological polar surface area (TPSA) is 24.4 Å². The number of benzene rings is 2. The molecule has 2 nitrogen and oxygen atoms in total. The van der Waals surface area contributed by atoms with Gasteiger partial charge in [-0.3, -0.25) is 5.43 Å². The van der Waals surface area contributed by atoms with Gasteiger partial charge >= 0.3 is 0 Å². The normalized spacial score (nSPS) is 11.3. The van der Waals surface area contributed by atoms with E-state index >= 15 is 0 Å². The summed E-state index contributed by atoms with van der Waals surface area (Å²) >= 11 is 5.89. The van der Waals surface area contributed by atoms with E-state index in [4.69, 9.17) is 11.6 Å². The number of rotatable bonds is 3. The highest BCUT2D eigenvalue weighted by molar-refractivity contribution is 6.30. The summed E-state index contributed by atoms with van der Waals surface area (Å²) in [5, 5.41) is 5.01. The molecule has 0 bridgehead atoms. The molecule has 2 rings (SSSR count). The van der Waals surface area contributed by atoms with Crippen molar-refractivity contribution in [3.8, 4) is 0 Å². The number of anilines is 1. The molecule has 0 aliphatic carbocycles. The van der Waals surface area contributed by atoms with E-state index in [0.717, 1.165) is 17.0 Å². The minimum atomic E-state index is 0.697. The summed E-state index contributed by atoms with van der Waals surface area (Å²) in [4.78, 5) is 0. The van der Waals surface area contributed by atoms with E-state index in [0.29, 0.717) is 5.02 Å². The lowest BCUT2D eigenvalue weighted by atomic mass is 10.1. The van der Waals surface area contributed by atoms with Gasteiger partial charge in [0.05, 0.1) is 11.4 Å². The zero-order valence-corrected chi connectivity index (χ0v) is 10.3. The lowest BCUT2D eigenvalue weighted by Gasteiger charge is -2.03. The first-order valence-corrected chi connectivity index (χ1v) is 5.75. The van der Waals surface area contributed by atoms with E-state index in [1.807, 2.05) is 61.5 Å². The first-order chi connectivity index (χ1) is 8.25. The predicted molar refractivity (Wildman–Crippen MR) is 73.7 cm³/mol. The summed E-state index contributed by atoms with van der Waals surface area (Å²) < 4.78 is 0. The zero-order chi connectivity index (χ0) is 12.1. The third-order valence-electron chi connectivity index (χ3n) is 2.37. The highest BCUT2D eigenvalue weighted by Gasteiger charge is 1.96. The molecule has 0 radical (unpaired) electrons. The molecule has 0 saturated carbocycles. The van der Waals surface area contributed by atoms with E-state index < -0.39 is 0 Å². The van der Waals surface area contributed by atoms with Crippen molar-refractivity contribution in [3.63, 3.8) is 0 Å². The quantitative estimate of drug-likeness (QED) is 0.636. The molecule has 2 aromatic rings. The molecule has 1 N–H and O–H groups in total. The molecule has 0 atom stereocenters. The molecule has 0 spiro atoms. The average molecular weight is 245 g/mol. The van der Waals surface area contributed by atoms with Crippen LogP contribution in [0.3, 0.4) is 0 Å². The molecule has 0 aliphatic rings. The molecule has 0 fully saturated rings. The third kappa shape index (κ3) is 3.33. The monoisotopic (exact) mass is 244 g/mol. The lowest BCUT2D eigenvalue weighted by Crippen LogP contribution is -1.99. The van der Waals surface area contributed by atoms with Crippen molar-refractivity contribution in [3.05, 3.63) is 65.2 Å². The van der Waals surface area contributed by atoms with Gasteiger partial charge in [0.15, 0.2) is 0 Å². The second-order valence-corrected chi connectivity index (χ2v) is 4.12. The summed E-state index contributed by atoms with van der Waals surface area (Å²) in [6, 6.07) is 17.5. The Morgan fingerprint density at radius 1 is 1.06 bits per heavy atom. The fourth-order valence-electron chi connectivity index (χ4n) is 1.45. The maximum atomic E-state index is 5.89. The number of halogens is 1. The summed E-state index contributed by atoms with van der Waals surface area (Å²) in [7, 11) is 0. The van der Waals surface area contributed by atoms with Crippen LogP contribution in [-0.2, 0) is 0 Å². The van der Waals surface area contributed by atoms with E-state index in [9.17, 15) is 0 Å². The highest BCUT2D eigenvalue weighted by atomic mass is 35.5. The second kappa shape index (κ2) is 5.51. The summed E-state index contributed by atoms with van der Waals surface area (Å²) in [5.41, 5.74) is 5.90. The number of hydrazone groups is 1. The Kier molecular flexibility index (Phi) is 3.78. The Hall–Kier alpha value is -1.80. The molecule has 3 heteroatoms. The Morgan fingerprint density at radius 2 is 1.82 bits per heavy atom. The van der Waals surface area contributed by atoms with E-state index in [-0.39, 0.29) is 0 Å². The molecule has 86 valence electrons. The summed E-state index contributed by atoms with van der Waals surface area (Å²) in [6.45, 7) is 1.97. The molecule has 0 aliphatic heterocycles. The zero-order valence-electron chi connectivity index (χ0n) is 9.52. The largest absolute Gasteiger partial charge is 0.278 e. The molecule has 0 saturated heterocycles. The number of hydrogen-bond donors (Lipinski definition) is 1. The molecular formula is C14H13ClN2. The smallest absolute Gasteiger partial charge is 0.0648 e. The maximum absolute atomic E-state index is 5.89. The molecule has 17 heavy (non-hydrogen) atoms. The van der Waals surface area contributed by atoms with Crippen LogP contribution < -0.4 is 5.43 Å². The van der Waals surface area contributed by atoms with Crippen LogP contribution in [0.4, 0.5) is 5.69 Å². The minimum Gasteiger partial charge on any atom is -0.278 e. The van der Waals surface area contributed by atoms with Gasteiger partial charge in [-0.2, -0.15) is 5.10 Å². The minimum absolute atomic E-state index is 0.697. The van der Waals surface area contributed by atoms with Crippen molar-refractivity contribution in [1.29, 1.82) is 0 Å². The van der Waals surface area contributed by atoms with E-state index in [1.165, 1.54) is 0 Å². The number of nitrogens with zero attached hydrogens (tertiary/aromatic N) is 1. The second-order valence-electron chi connectivity index (χ2n) is 3.69. The van der Waals surface area contributed by atoms with Crippen LogP contribution in [0.2, 0.25) is 5.02 Å². The van der Waals surface area contributed by atoms with E-state index in [1.54, 1.807) is 0 Å². The van der Waals surface area contributed by atoms with Gasteiger partial charge in [0.25, 0.3) is 0 Å². The Morgan fingerprint density at radius 3 is 2.53 bits per heavy atom. The maximum Gasteiger partial charge on any atom is 0.0648 e. The third-order valence-corrected chi connectivity index (χ3v) is 2.60. The Bertz CT molecular complexity index is 521. The molecule has 2 aromatic carbocycles. The van der Waals surface area contributed by atoms with Crippen LogP contribution in [0.25, 0.3) is 0 Å². The van der Waals surface area contributed by atoms with Crippen molar-refractivity contribution in [2.45, 2.75) is 6.92 Å². The van der Waals surface area contributed by atoms with Gasteiger partial charge in [0.2, 0.25) is 0 Å². The van der Waals surface area contributed by atoms with Crippen LogP contribution in [0, 0.1) is 0 Å². The SMILES string of the molecule is CC(=NNc1cccc(Cl)c1)c1ccccc1. The van der Waals surface area contributed by atoms with Crippen molar-refractivity contribution >= 4 is 23.0 Å². The van der Waals surface area contributed by atoms with Gasteiger partial charge in [-0.25, -0.2) is 0 Å². The molecular weight excluding hydrogens is 232 g/mol. The molecule has 0 amide bonds. The van der Waals surface area contributed by atoms with E-state index in [2.05, 4.69) is 10.5 Å². The fraction of sp³-hybridized carbons (Fsp3) is 0.0714. The molecule has 0 aromatic heterocycles. The first-order valence-electron chi connectivity index (χ1n) is 5.37. The van der Waals surface area contributed by atoms with Crippen LogP contribution in [-0.4, -0.2) is 5.71 Å². The van der Waals surface area contributed by atoms with Crippen LogP contribution in [0.5, 0.6) is 0 Å². The highest BCUT2D eigenvalue weighted by Crippen LogP contribution is 2.15. The van der Waals surface area contributed by atoms with Gasteiger partial charge in [0, 0.05) is 5.02 Å². The van der Waals surface area contributed by atoms with Crippen LogP contribution in [0.1, 0.15) is 12.5 Å². The van der Waals surface area contributed by atoms with Crippen molar-refractivity contribution in [2.24, 2.45) is 5.10 Å². The van der Waals surface area contributed by atoms with Crippen LogP contribution >= 0.6 is 11.6 Å². The van der Waals surface area contributed by atoms with Crippen LogP contribution in [0.15, 0.2) is 59.7 Å². The van der Waals surface area contributed by atoms with Crippen molar-refractivity contribution in [2.75, 3.05) is 5.43 Å². The average Bonchev–Trinajstić information content (AvgIpc) is 2.37. The van der Waals surface area contributed by atoms with Gasteiger partial charge in [-0.1, -0.05) is 48.0 Å². The lowest BCUT2D eigenvalue weighted by molar-refractivity contribution is 1.32. The molecule has 0 heterocycles. The molecule has 0 unspecified atom stereocenters. The summed E-state index contributed by atoms with van der Waals surface area (Å²) in [6.07, 6.45) is 0. The standard InChI is InChI=1S/C14H13ClN2/c1-11(12-6-3-2-4-7-12)16-17-14-9-5-8-13(15)10-14/h2-10,17H,1H3. The predicted octanol–water partition coefficient (Wildman–Crippen LogP) is 4.18. The van der Waals surface area contributed by atoms with Gasteiger partial charge < -0.3 is 0 Å². The van der Waals surface area contributed by atoms with Crippen molar-refractivity contribution < 1.29 is 0 Å². The van der Waals surface area contributed by atoms with Gasteiger partial charge in [0.1, 0.15) is 0 Å². The summed E-state index contributed by atoms with van der Waals surface area (Å²) in [5.74, 6) is 0. The van der Waals surface area contributed by atoms with Gasteiger partial charge in [-0.15, -0.1) is 0 Å². The fourth-order valence-corrected chi connectivity index (χ4v) is 1.64. The number of hydrogen-bond acceptors (Lipinski definition) is 2. The first kappa shape index (κ1) is 11.7. The Labute approximate surface area is 106 Å².